The highest BCUT2D eigenvalue weighted by molar-refractivity contribution is 6.31. The second-order valence-electron chi connectivity index (χ2n) is 12.6. The van der Waals surface area contributed by atoms with Gasteiger partial charge in [-0.05, 0) is 67.9 Å². The minimum absolute atomic E-state index is 0.00516. The van der Waals surface area contributed by atoms with E-state index in [1.165, 1.54) is 18.7 Å². The fourth-order valence-electron chi connectivity index (χ4n) is 8.40. The SMILES string of the molecule is O=C(NC1CCC(c2nnco2)CC1)[C@@H]1NC2(CC(CF)(CF)C2)[C@@]2(C(=O)Nc3cc(Cl)ccc32)[C@H]1c1ccnc(Cl)c1F. The Balaban J connectivity index is 1.31. The van der Waals surface area contributed by atoms with Crippen molar-refractivity contribution in [2.45, 2.75) is 73.4 Å². The Morgan fingerprint density at radius 2 is 1.86 bits per heavy atom. The van der Waals surface area contributed by atoms with Crippen molar-refractivity contribution in [3.05, 3.63) is 69.9 Å². The summed E-state index contributed by atoms with van der Waals surface area (Å²) in [5, 5.41) is 17.1. The average molecular weight is 650 g/mol. The van der Waals surface area contributed by atoms with Gasteiger partial charge in [0.1, 0.15) is 5.41 Å². The quantitative estimate of drug-likeness (QED) is 0.316. The van der Waals surface area contributed by atoms with Crippen molar-refractivity contribution in [2.75, 3.05) is 18.7 Å². The number of pyridine rings is 1. The average Bonchev–Trinajstić information content (AvgIpc) is 3.71. The van der Waals surface area contributed by atoms with Gasteiger partial charge < -0.3 is 15.1 Å². The minimum atomic E-state index is -1.62. The highest BCUT2D eigenvalue weighted by Gasteiger charge is 2.78. The zero-order valence-electron chi connectivity index (χ0n) is 23.4. The number of benzene rings is 1. The number of carbonyl (C=O) groups is 2. The molecule has 2 saturated carbocycles. The van der Waals surface area contributed by atoms with Crippen LogP contribution in [-0.4, -0.2) is 58.0 Å². The molecule has 0 radical (unpaired) electrons. The molecule has 44 heavy (non-hydrogen) atoms. The van der Waals surface area contributed by atoms with Gasteiger partial charge in [0.25, 0.3) is 0 Å². The van der Waals surface area contributed by atoms with Crippen LogP contribution in [0, 0.1) is 11.2 Å². The zero-order chi connectivity index (χ0) is 30.9. The predicted octanol–water partition coefficient (Wildman–Crippen LogP) is 5.16. The third-order valence-corrected chi connectivity index (χ3v) is 10.7. The Kier molecular flexibility index (Phi) is 7.17. The van der Waals surface area contributed by atoms with E-state index in [0.717, 1.165) is 0 Å². The van der Waals surface area contributed by atoms with Gasteiger partial charge in [0, 0.05) is 45.7 Å². The van der Waals surface area contributed by atoms with Crippen LogP contribution < -0.4 is 16.0 Å². The first-order valence-electron chi connectivity index (χ1n) is 14.5. The van der Waals surface area contributed by atoms with E-state index in [9.17, 15) is 18.4 Å². The molecule has 1 saturated heterocycles. The third kappa shape index (κ3) is 4.20. The van der Waals surface area contributed by atoms with Crippen LogP contribution in [0.5, 0.6) is 0 Å². The van der Waals surface area contributed by atoms with Crippen LogP contribution in [0.2, 0.25) is 10.2 Å². The molecule has 3 fully saturated rings. The Morgan fingerprint density at radius 1 is 1.11 bits per heavy atom. The molecule has 3 N–H and O–H groups in total. The number of hydrogen-bond acceptors (Lipinski definition) is 7. The van der Waals surface area contributed by atoms with Gasteiger partial charge in [-0.3, -0.25) is 23.7 Å². The van der Waals surface area contributed by atoms with Gasteiger partial charge in [-0.15, -0.1) is 10.2 Å². The predicted molar refractivity (Wildman–Crippen MR) is 154 cm³/mol. The van der Waals surface area contributed by atoms with Crippen molar-refractivity contribution in [1.29, 1.82) is 0 Å². The van der Waals surface area contributed by atoms with E-state index in [4.69, 9.17) is 27.6 Å². The zero-order valence-corrected chi connectivity index (χ0v) is 24.9. The molecule has 4 aliphatic rings. The number of halogens is 5. The molecular formula is C30H29Cl2F3N6O3. The Labute approximate surface area is 260 Å². The smallest absolute Gasteiger partial charge is 0.238 e. The number of anilines is 1. The Bertz CT molecular complexity index is 1610. The van der Waals surface area contributed by atoms with Crippen molar-refractivity contribution >= 4 is 40.7 Å². The summed E-state index contributed by atoms with van der Waals surface area (Å²) in [7, 11) is 0. The standard InChI is InChI=1S/C30H29Cl2F3N6O3/c31-16-3-6-19-20(9-16)39-27(43)30(19)21(18-7-8-36-24(32)22(18)35)23(40-29(30)10-28(11-29,12-33)13-34)25(42)38-17-4-1-15(2-5-17)26-41-37-14-44-26/h3,6-9,14-15,17,21,23,40H,1-2,4-5,10-13H2,(H,38,42)(H,39,43)/t15?,17?,21-,23+,30+/m0/s1. The summed E-state index contributed by atoms with van der Waals surface area (Å²) >= 11 is 12.4. The van der Waals surface area contributed by atoms with Crippen LogP contribution in [0.4, 0.5) is 18.9 Å². The summed E-state index contributed by atoms with van der Waals surface area (Å²) in [5.74, 6) is -2.34. The first kappa shape index (κ1) is 29.5. The van der Waals surface area contributed by atoms with Crippen molar-refractivity contribution in [2.24, 2.45) is 5.41 Å². The normalized spacial score (nSPS) is 29.8. The summed E-state index contributed by atoms with van der Waals surface area (Å²) in [5.41, 5.74) is -3.37. The van der Waals surface area contributed by atoms with Gasteiger partial charge in [0.2, 0.25) is 24.1 Å². The van der Waals surface area contributed by atoms with Crippen molar-refractivity contribution < 1.29 is 27.2 Å². The van der Waals surface area contributed by atoms with E-state index < -0.39 is 64.5 Å². The highest BCUT2D eigenvalue weighted by Crippen LogP contribution is 2.68. The Hall–Kier alpha value is -3.22. The molecule has 3 atom stereocenters. The molecule has 7 rings (SSSR count). The number of rotatable bonds is 6. The number of nitrogens with zero attached hydrogens (tertiary/aromatic N) is 3. The van der Waals surface area contributed by atoms with E-state index >= 15 is 4.39 Å². The first-order valence-corrected chi connectivity index (χ1v) is 15.3. The first-order chi connectivity index (χ1) is 21.2. The maximum atomic E-state index is 15.9. The molecule has 0 unspecified atom stereocenters. The van der Waals surface area contributed by atoms with Crippen LogP contribution in [0.15, 0.2) is 41.3 Å². The number of hydrogen-bond donors (Lipinski definition) is 3. The van der Waals surface area contributed by atoms with Crippen LogP contribution in [0.3, 0.4) is 0 Å². The van der Waals surface area contributed by atoms with Crippen molar-refractivity contribution in [3.8, 4) is 0 Å². The van der Waals surface area contributed by atoms with E-state index in [1.807, 2.05) is 0 Å². The summed E-state index contributed by atoms with van der Waals surface area (Å²) in [4.78, 5) is 32.5. The van der Waals surface area contributed by atoms with Crippen LogP contribution in [-0.2, 0) is 15.0 Å². The molecule has 14 heteroatoms. The highest BCUT2D eigenvalue weighted by atomic mass is 35.5. The maximum Gasteiger partial charge on any atom is 0.238 e. The topological polar surface area (TPSA) is 122 Å². The molecule has 2 aromatic heterocycles. The maximum absolute atomic E-state index is 15.9. The summed E-state index contributed by atoms with van der Waals surface area (Å²) in [6, 6.07) is 4.90. The van der Waals surface area contributed by atoms with Gasteiger partial charge in [-0.2, -0.15) is 0 Å². The molecule has 2 aliphatic carbocycles. The Morgan fingerprint density at radius 3 is 2.55 bits per heavy atom. The largest absolute Gasteiger partial charge is 0.428 e. The molecule has 2 spiro atoms. The van der Waals surface area contributed by atoms with Gasteiger partial charge in [0.05, 0.1) is 19.4 Å². The number of nitrogens with one attached hydrogen (secondary N) is 3. The lowest BCUT2D eigenvalue weighted by Crippen LogP contribution is -2.70. The van der Waals surface area contributed by atoms with Crippen molar-refractivity contribution in [3.63, 3.8) is 0 Å². The fraction of sp³-hybridized carbons (Fsp3) is 0.500. The van der Waals surface area contributed by atoms with E-state index in [0.29, 0.717) is 47.8 Å². The lowest BCUT2D eigenvalue weighted by molar-refractivity contribution is -0.131. The van der Waals surface area contributed by atoms with Crippen LogP contribution >= 0.6 is 23.2 Å². The van der Waals surface area contributed by atoms with Crippen molar-refractivity contribution in [1.82, 2.24) is 25.8 Å². The second-order valence-corrected chi connectivity index (χ2v) is 13.4. The van der Waals surface area contributed by atoms with E-state index in [-0.39, 0.29) is 30.4 Å². The number of amides is 2. The van der Waals surface area contributed by atoms with Crippen LogP contribution in [0.1, 0.15) is 67.4 Å². The molecular weight excluding hydrogens is 620 g/mol. The monoisotopic (exact) mass is 648 g/mol. The fourth-order valence-corrected chi connectivity index (χ4v) is 8.74. The molecule has 2 amide bonds. The van der Waals surface area contributed by atoms with E-state index in [2.05, 4.69) is 31.1 Å². The number of alkyl halides is 2. The molecule has 9 nitrogen and oxygen atoms in total. The third-order valence-electron chi connectivity index (χ3n) is 10.2. The number of aromatic nitrogens is 3. The second kappa shape index (κ2) is 10.7. The van der Waals surface area contributed by atoms with Gasteiger partial charge in [-0.1, -0.05) is 29.3 Å². The van der Waals surface area contributed by atoms with Crippen LogP contribution in [0.25, 0.3) is 0 Å². The van der Waals surface area contributed by atoms with Gasteiger partial charge >= 0.3 is 0 Å². The summed E-state index contributed by atoms with van der Waals surface area (Å²) < 4.78 is 49.9. The lowest BCUT2D eigenvalue weighted by atomic mass is 9.46. The molecule has 2 aliphatic heterocycles. The minimum Gasteiger partial charge on any atom is -0.428 e. The lowest BCUT2D eigenvalue weighted by Gasteiger charge is -2.59. The number of fused-ring (bicyclic) bond motifs is 3. The molecule has 0 bridgehead atoms. The molecule has 1 aromatic carbocycles. The van der Waals surface area contributed by atoms with Gasteiger partial charge in [0.15, 0.2) is 11.0 Å². The molecule has 232 valence electrons. The summed E-state index contributed by atoms with van der Waals surface area (Å²) in [6.07, 6.45) is 5.13. The molecule has 3 aromatic rings. The molecule has 4 heterocycles. The summed E-state index contributed by atoms with van der Waals surface area (Å²) in [6.45, 7) is -1.89. The van der Waals surface area contributed by atoms with E-state index in [1.54, 1.807) is 18.2 Å². The van der Waals surface area contributed by atoms with Gasteiger partial charge in [-0.25, -0.2) is 9.37 Å². The number of carbonyl (C=O) groups excluding carboxylic acids is 2.